The molecule has 2 amide bonds. The van der Waals surface area contributed by atoms with Crippen LogP contribution < -0.4 is 10.6 Å². The SMILES string of the molecule is Cc1nnc(CCNC(=O)C[C@H]2C(=O)NCCN2C(C)C)s1. The van der Waals surface area contributed by atoms with Gasteiger partial charge in [0, 0.05) is 32.1 Å². The summed E-state index contributed by atoms with van der Waals surface area (Å²) in [6, 6.07) is -0.134. The van der Waals surface area contributed by atoms with Crippen molar-refractivity contribution in [1.82, 2.24) is 25.7 Å². The van der Waals surface area contributed by atoms with Gasteiger partial charge in [0.1, 0.15) is 10.0 Å². The zero-order valence-corrected chi connectivity index (χ0v) is 14.1. The van der Waals surface area contributed by atoms with Gasteiger partial charge in [-0.05, 0) is 20.8 Å². The van der Waals surface area contributed by atoms with Crippen LogP contribution in [0.25, 0.3) is 0 Å². The highest BCUT2D eigenvalue weighted by molar-refractivity contribution is 7.11. The van der Waals surface area contributed by atoms with Crippen molar-refractivity contribution in [2.75, 3.05) is 19.6 Å². The molecule has 1 aromatic rings. The fourth-order valence-corrected chi connectivity index (χ4v) is 3.26. The molecular formula is C14H23N5O2S. The highest BCUT2D eigenvalue weighted by atomic mass is 32.1. The molecule has 1 aliphatic rings. The van der Waals surface area contributed by atoms with Crippen LogP contribution in [0.1, 0.15) is 30.3 Å². The van der Waals surface area contributed by atoms with Gasteiger partial charge in [0.05, 0.1) is 12.5 Å². The molecule has 8 heteroatoms. The minimum Gasteiger partial charge on any atom is -0.356 e. The molecule has 2 N–H and O–H groups in total. The van der Waals surface area contributed by atoms with Gasteiger partial charge in [0.2, 0.25) is 11.8 Å². The van der Waals surface area contributed by atoms with Gasteiger partial charge in [0.25, 0.3) is 0 Å². The second-order valence-corrected chi connectivity index (χ2v) is 6.92. The lowest BCUT2D eigenvalue weighted by Crippen LogP contribution is -2.58. The number of hydrogen-bond donors (Lipinski definition) is 2. The number of carbonyl (C=O) groups excluding carboxylic acids is 2. The fourth-order valence-electron chi connectivity index (χ4n) is 2.56. The first kappa shape index (κ1) is 16.8. The van der Waals surface area contributed by atoms with Crippen LogP contribution in [0.5, 0.6) is 0 Å². The van der Waals surface area contributed by atoms with Gasteiger partial charge in [-0.25, -0.2) is 0 Å². The molecule has 0 unspecified atom stereocenters. The number of nitrogens with one attached hydrogen (secondary N) is 2. The van der Waals surface area contributed by atoms with Crippen molar-refractivity contribution in [3.63, 3.8) is 0 Å². The van der Waals surface area contributed by atoms with Crippen molar-refractivity contribution in [3.05, 3.63) is 10.0 Å². The topological polar surface area (TPSA) is 87.2 Å². The third-order valence-corrected chi connectivity index (χ3v) is 4.54. The lowest BCUT2D eigenvalue weighted by Gasteiger charge is -2.37. The van der Waals surface area contributed by atoms with Crippen LogP contribution in [0.2, 0.25) is 0 Å². The van der Waals surface area contributed by atoms with Crippen LogP contribution in [-0.4, -0.2) is 58.6 Å². The van der Waals surface area contributed by atoms with Crippen molar-refractivity contribution >= 4 is 23.2 Å². The van der Waals surface area contributed by atoms with Gasteiger partial charge >= 0.3 is 0 Å². The molecular weight excluding hydrogens is 302 g/mol. The van der Waals surface area contributed by atoms with Crippen LogP contribution in [0.3, 0.4) is 0 Å². The molecule has 1 atom stereocenters. The summed E-state index contributed by atoms with van der Waals surface area (Å²) < 4.78 is 0. The number of piperazine rings is 1. The van der Waals surface area contributed by atoms with Crippen LogP contribution in [0.15, 0.2) is 0 Å². The number of aryl methyl sites for hydroxylation is 1. The van der Waals surface area contributed by atoms with E-state index in [0.29, 0.717) is 19.5 Å². The Labute approximate surface area is 134 Å². The number of nitrogens with zero attached hydrogens (tertiary/aromatic N) is 3. The Bertz CT molecular complexity index is 531. The van der Waals surface area contributed by atoms with Crippen LogP contribution in [-0.2, 0) is 16.0 Å². The van der Waals surface area contributed by atoms with Crippen LogP contribution >= 0.6 is 11.3 Å². The summed E-state index contributed by atoms with van der Waals surface area (Å²) in [6.07, 6.45) is 0.862. The summed E-state index contributed by atoms with van der Waals surface area (Å²) in [5.41, 5.74) is 0. The monoisotopic (exact) mass is 325 g/mol. The lowest BCUT2D eigenvalue weighted by molar-refractivity contribution is -0.134. The Hall–Kier alpha value is -1.54. The quantitative estimate of drug-likeness (QED) is 0.775. The largest absolute Gasteiger partial charge is 0.356 e. The molecule has 122 valence electrons. The van der Waals surface area contributed by atoms with E-state index < -0.39 is 0 Å². The van der Waals surface area contributed by atoms with Gasteiger partial charge < -0.3 is 10.6 Å². The van der Waals surface area contributed by atoms with Gasteiger partial charge in [-0.1, -0.05) is 0 Å². The van der Waals surface area contributed by atoms with E-state index in [0.717, 1.165) is 16.6 Å². The predicted molar refractivity (Wildman–Crippen MR) is 84.6 cm³/mol. The lowest BCUT2D eigenvalue weighted by atomic mass is 10.1. The minimum absolute atomic E-state index is 0.0603. The third-order valence-electron chi connectivity index (χ3n) is 3.64. The van der Waals surface area contributed by atoms with E-state index in [-0.39, 0.29) is 30.3 Å². The highest BCUT2D eigenvalue weighted by Gasteiger charge is 2.32. The molecule has 0 aromatic carbocycles. The van der Waals surface area contributed by atoms with Gasteiger partial charge in [-0.15, -0.1) is 21.5 Å². The Morgan fingerprint density at radius 2 is 2.27 bits per heavy atom. The van der Waals surface area contributed by atoms with Crippen molar-refractivity contribution in [2.24, 2.45) is 0 Å². The predicted octanol–water partition coefficient (Wildman–Crippen LogP) is 0.104. The first-order chi connectivity index (χ1) is 10.5. The zero-order valence-electron chi connectivity index (χ0n) is 13.3. The fraction of sp³-hybridized carbons (Fsp3) is 0.714. The molecule has 2 heterocycles. The number of aromatic nitrogens is 2. The number of carbonyl (C=O) groups is 2. The second kappa shape index (κ2) is 7.64. The maximum atomic E-state index is 12.1. The minimum atomic E-state index is -0.377. The third kappa shape index (κ3) is 4.48. The van der Waals surface area contributed by atoms with Crippen LogP contribution in [0.4, 0.5) is 0 Å². The molecule has 22 heavy (non-hydrogen) atoms. The highest BCUT2D eigenvalue weighted by Crippen LogP contribution is 2.13. The molecule has 1 saturated heterocycles. The van der Waals surface area contributed by atoms with E-state index in [4.69, 9.17) is 0 Å². The Kier molecular flexibility index (Phi) is 5.84. The van der Waals surface area contributed by atoms with E-state index in [2.05, 4.69) is 25.7 Å². The first-order valence-corrected chi connectivity index (χ1v) is 8.38. The van der Waals surface area contributed by atoms with Crippen molar-refractivity contribution in [3.8, 4) is 0 Å². The summed E-state index contributed by atoms with van der Waals surface area (Å²) in [7, 11) is 0. The van der Waals surface area contributed by atoms with Crippen molar-refractivity contribution in [1.29, 1.82) is 0 Å². The van der Waals surface area contributed by atoms with Crippen molar-refractivity contribution in [2.45, 2.75) is 45.7 Å². The van der Waals surface area contributed by atoms with Crippen LogP contribution in [0, 0.1) is 6.92 Å². The summed E-state index contributed by atoms with van der Waals surface area (Å²) in [5.74, 6) is -0.163. The summed E-state index contributed by atoms with van der Waals surface area (Å²) in [5, 5.41) is 15.5. The molecule has 0 saturated carbocycles. The molecule has 0 spiro atoms. The standard InChI is InChI=1S/C14H23N5O2S/c1-9(2)19-7-6-16-14(21)11(19)8-12(20)15-5-4-13-18-17-10(3)22-13/h9,11H,4-8H2,1-3H3,(H,15,20)(H,16,21)/t11-/m0/s1. The Morgan fingerprint density at radius 1 is 1.50 bits per heavy atom. The van der Waals surface area contributed by atoms with E-state index in [9.17, 15) is 9.59 Å². The molecule has 2 rings (SSSR count). The average molecular weight is 325 g/mol. The van der Waals surface area contributed by atoms with E-state index in [1.165, 1.54) is 11.3 Å². The molecule has 0 aliphatic carbocycles. The maximum Gasteiger partial charge on any atom is 0.237 e. The Morgan fingerprint density at radius 3 is 2.91 bits per heavy atom. The second-order valence-electron chi connectivity index (χ2n) is 5.66. The summed E-state index contributed by atoms with van der Waals surface area (Å²) in [6.45, 7) is 7.94. The zero-order chi connectivity index (χ0) is 16.1. The number of rotatable bonds is 6. The molecule has 0 bridgehead atoms. The van der Waals surface area contributed by atoms with Gasteiger partial charge in [0.15, 0.2) is 0 Å². The van der Waals surface area contributed by atoms with Gasteiger partial charge in [-0.3, -0.25) is 14.5 Å². The summed E-state index contributed by atoms with van der Waals surface area (Å²) in [4.78, 5) is 26.1. The maximum absolute atomic E-state index is 12.1. The molecule has 1 aromatic heterocycles. The average Bonchev–Trinajstić information content (AvgIpc) is 2.86. The molecule has 7 nitrogen and oxygen atoms in total. The van der Waals surface area contributed by atoms with E-state index in [1.807, 2.05) is 20.8 Å². The molecule has 1 fully saturated rings. The first-order valence-electron chi connectivity index (χ1n) is 7.56. The molecule has 1 aliphatic heterocycles. The number of hydrogen-bond acceptors (Lipinski definition) is 6. The molecule has 0 radical (unpaired) electrons. The van der Waals surface area contributed by atoms with Crippen molar-refractivity contribution < 1.29 is 9.59 Å². The number of amides is 2. The van der Waals surface area contributed by atoms with E-state index in [1.54, 1.807) is 0 Å². The normalized spacial score (nSPS) is 19.3. The van der Waals surface area contributed by atoms with E-state index >= 15 is 0 Å². The summed E-state index contributed by atoms with van der Waals surface area (Å²) >= 11 is 1.53. The smallest absolute Gasteiger partial charge is 0.237 e. The Balaban J connectivity index is 1.80. The van der Waals surface area contributed by atoms with Gasteiger partial charge in [-0.2, -0.15) is 0 Å².